The number of hydrogen-bond acceptors (Lipinski definition) is 5. The van der Waals surface area contributed by atoms with E-state index in [2.05, 4.69) is 15.5 Å². The maximum atomic E-state index is 11.0. The van der Waals surface area contributed by atoms with E-state index in [9.17, 15) is 4.79 Å². The normalized spacial score (nSPS) is 12.1. The molecule has 0 amide bonds. The first-order valence-corrected chi connectivity index (χ1v) is 5.50. The number of carboxylic acids is 1. The van der Waals surface area contributed by atoms with Gasteiger partial charge in [0.1, 0.15) is 11.3 Å². The van der Waals surface area contributed by atoms with Crippen LogP contribution in [0.2, 0.25) is 0 Å². The van der Waals surface area contributed by atoms with Crippen LogP contribution in [0.4, 0.5) is 5.82 Å². The fraction of sp³-hybridized carbons (Fsp3) is 0.250. The molecule has 2 aromatic rings. The van der Waals surface area contributed by atoms with Crippen molar-refractivity contribution >= 4 is 11.8 Å². The van der Waals surface area contributed by atoms with Crippen LogP contribution in [0.3, 0.4) is 0 Å². The van der Waals surface area contributed by atoms with E-state index in [-0.39, 0.29) is 17.4 Å². The van der Waals surface area contributed by atoms with Gasteiger partial charge in [0.15, 0.2) is 5.82 Å². The number of nitrogens with one attached hydrogen (secondary N) is 1. The molecule has 0 saturated carbocycles. The number of rotatable bonds is 5. The predicted molar refractivity (Wildman–Crippen MR) is 64.5 cm³/mol. The van der Waals surface area contributed by atoms with E-state index in [1.54, 1.807) is 6.26 Å². The first-order chi connectivity index (χ1) is 8.66. The first-order valence-electron chi connectivity index (χ1n) is 5.50. The van der Waals surface area contributed by atoms with Gasteiger partial charge in [-0.15, -0.1) is 5.10 Å². The van der Waals surface area contributed by atoms with Crippen LogP contribution in [0.5, 0.6) is 0 Å². The minimum atomic E-state index is -1.03. The van der Waals surface area contributed by atoms with Crippen LogP contribution in [-0.4, -0.2) is 27.3 Å². The highest BCUT2D eigenvalue weighted by molar-refractivity contribution is 5.92. The average molecular weight is 247 g/mol. The second-order valence-corrected chi connectivity index (χ2v) is 3.93. The van der Waals surface area contributed by atoms with Gasteiger partial charge in [-0.3, -0.25) is 0 Å². The van der Waals surface area contributed by atoms with Gasteiger partial charge < -0.3 is 14.8 Å². The fourth-order valence-electron chi connectivity index (χ4n) is 1.63. The summed E-state index contributed by atoms with van der Waals surface area (Å²) in [6.07, 6.45) is 3.60. The highest BCUT2D eigenvalue weighted by Gasteiger charge is 2.14. The molecule has 0 spiro atoms. The summed E-state index contributed by atoms with van der Waals surface area (Å²) in [4.78, 5) is 11.0. The van der Waals surface area contributed by atoms with E-state index in [0.717, 1.165) is 5.76 Å². The maximum absolute atomic E-state index is 11.0. The molecular weight excluding hydrogens is 234 g/mol. The Morgan fingerprint density at radius 3 is 3.06 bits per heavy atom. The number of furan rings is 1. The summed E-state index contributed by atoms with van der Waals surface area (Å²) in [5, 5.41) is 19.5. The molecule has 1 atom stereocenters. The molecule has 0 saturated heterocycles. The highest BCUT2D eigenvalue weighted by Crippen LogP contribution is 2.13. The summed E-state index contributed by atoms with van der Waals surface area (Å²) in [5.74, 6) is 0.0671. The molecule has 6 heteroatoms. The molecule has 2 rings (SSSR count). The van der Waals surface area contributed by atoms with Crippen molar-refractivity contribution in [2.45, 2.75) is 19.4 Å². The van der Waals surface area contributed by atoms with E-state index in [0.29, 0.717) is 6.42 Å². The molecule has 1 unspecified atom stereocenters. The van der Waals surface area contributed by atoms with Gasteiger partial charge in [-0.2, -0.15) is 5.10 Å². The number of carboxylic acid groups (broad SMARTS) is 1. The molecule has 2 N–H and O–H groups in total. The Balaban J connectivity index is 2.07. The monoisotopic (exact) mass is 247 g/mol. The highest BCUT2D eigenvalue weighted by atomic mass is 16.4. The van der Waals surface area contributed by atoms with Gasteiger partial charge in [-0.05, 0) is 25.1 Å². The van der Waals surface area contributed by atoms with Crippen LogP contribution in [0.1, 0.15) is 23.0 Å². The zero-order valence-corrected chi connectivity index (χ0v) is 9.83. The van der Waals surface area contributed by atoms with Crippen LogP contribution < -0.4 is 5.32 Å². The number of anilines is 1. The Morgan fingerprint density at radius 1 is 1.56 bits per heavy atom. The molecule has 0 aliphatic carbocycles. The van der Waals surface area contributed by atoms with E-state index in [1.165, 1.54) is 12.3 Å². The zero-order valence-electron chi connectivity index (χ0n) is 9.83. The SMILES string of the molecule is CC(Cc1ccco1)Nc1nnccc1C(=O)O. The summed E-state index contributed by atoms with van der Waals surface area (Å²) in [5.41, 5.74) is 0.108. The molecule has 6 nitrogen and oxygen atoms in total. The Morgan fingerprint density at radius 2 is 2.39 bits per heavy atom. The first kappa shape index (κ1) is 12.1. The molecule has 0 aliphatic heterocycles. The van der Waals surface area contributed by atoms with Crippen molar-refractivity contribution in [3.05, 3.63) is 42.0 Å². The van der Waals surface area contributed by atoms with Crippen molar-refractivity contribution in [1.29, 1.82) is 0 Å². The molecule has 2 aromatic heterocycles. The lowest BCUT2D eigenvalue weighted by atomic mass is 10.2. The van der Waals surface area contributed by atoms with Gasteiger partial charge in [0.2, 0.25) is 0 Å². The molecule has 18 heavy (non-hydrogen) atoms. The Bertz CT molecular complexity index is 525. The minimum absolute atomic E-state index is 0.00838. The van der Waals surface area contributed by atoms with Gasteiger partial charge in [0.05, 0.1) is 12.5 Å². The second kappa shape index (κ2) is 5.31. The lowest BCUT2D eigenvalue weighted by molar-refractivity contribution is 0.0697. The van der Waals surface area contributed by atoms with Gasteiger partial charge in [-0.1, -0.05) is 0 Å². The smallest absolute Gasteiger partial charge is 0.339 e. The van der Waals surface area contributed by atoms with Gasteiger partial charge >= 0.3 is 5.97 Å². The number of carbonyl (C=O) groups is 1. The molecule has 0 radical (unpaired) electrons. The summed E-state index contributed by atoms with van der Waals surface area (Å²) < 4.78 is 5.23. The average Bonchev–Trinajstić information content (AvgIpc) is 2.82. The van der Waals surface area contributed by atoms with Gasteiger partial charge in [0.25, 0.3) is 0 Å². The van der Waals surface area contributed by atoms with Crippen LogP contribution in [0, 0.1) is 0 Å². The number of aromatic carboxylic acids is 1. The van der Waals surface area contributed by atoms with E-state index in [4.69, 9.17) is 9.52 Å². The number of hydrogen-bond donors (Lipinski definition) is 2. The molecule has 0 bridgehead atoms. The summed E-state index contributed by atoms with van der Waals surface area (Å²) >= 11 is 0. The van der Waals surface area contributed by atoms with Crippen molar-refractivity contribution < 1.29 is 14.3 Å². The van der Waals surface area contributed by atoms with Crippen LogP contribution in [0.25, 0.3) is 0 Å². The largest absolute Gasteiger partial charge is 0.478 e. The lowest BCUT2D eigenvalue weighted by Crippen LogP contribution is -2.21. The number of nitrogens with zero attached hydrogens (tertiary/aromatic N) is 2. The zero-order chi connectivity index (χ0) is 13.0. The van der Waals surface area contributed by atoms with Gasteiger partial charge in [0, 0.05) is 12.5 Å². The molecule has 94 valence electrons. The standard InChI is InChI=1S/C12H13N3O3/c1-8(7-9-3-2-6-18-9)14-11-10(12(16)17)4-5-13-15-11/h2-6,8H,7H2,1H3,(H,14,15)(H,16,17). The topological polar surface area (TPSA) is 88.3 Å². The molecule has 0 fully saturated rings. The second-order valence-electron chi connectivity index (χ2n) is 3.93. The maximum Gasteiger partial charge on any atom is 0.339 e. The summed E-state index contributed by atoms with van der Waals surface area (Å²) in [6, 6.07) is 5.09. The molecule has 0 aromatic carbocycles. The van der Waals surface area contributed by atoms with Crippen molar-refractivity contribution in [2.75, 3.05) is 5.32 Å². The predicted octanol–water partition coefficient (Wildman–Crippen LogP) is 1.81. The Labute approximate surface area is 104 Å². The Hall–Kier alpha value is -2.37. The van der Waals surface area contributed by atoms with Crippen LogP contribution in [0.15, 0.2) is 35.1 Å². The quantitative estimate of drug-likeness (QED) is 0.837. The van der Waals surface area contributed by atoms with Crippen molar-refractivity contribution in [3.63, 3.8) is 0 Å². The fourth-order valence-corrected chi connectivity index (χ4v) is 1.63. The molecular formula is C12H13N3O3. The Kier molecular flexibility index (Phi) is 3.57. The van der Waals surface area contributed by atoms with Crippen LogP contribution in [-0.2, 0) is 6.42 Å². The van der Waals surface area contributed by atoms with E-state index in [1.807, 2.05) is 19.1 Å². The van der Waals surface area contributed by atoms with Crippen molar-refractivity contribution in [1.82, 2.24) is 10.2 Å². The summed E-state index contributed by atoms with van der Waals surface area (Å²) in [6.45, 7) is 1.92. The third-order valence-corrected chi connectivity index (χ3v) is 2.42. The van der Waals surface area contributed by atoms with Crippen molar-refractivity contribution in [2.24, 2.45) is 0 Å². The number of aromatic nitrogens is 2. The van der Waals surface area contributed by atoms with Crippen LogP contribution >= 0.6 is 0 Å². The minimum Gasteiger partial charge on any atom is -0.478 e. The molecule has 0 aliphatic rings. The molecule has 2 heterocycles. The lowest BCUT2D eigenvalue weighted by Gasteiger charge is -2.13. The third-order valence-electron chi connectivity index (χ3n) is 2.42. The van der Waals surface area contributed by atoms with Crippen molar-refractivity contribution in [3.8, 4) is 0 Å². The van der Waals surface area contributed by atoms with Gasteiger partial charge in [-0.25, -0.2) is 4.79 Å². The van der Waals surface area contributed by atoms with E-state index >= 15 is 0 Å². The van der Waals surface area contributed by atoms with E-state index < -0.39 is 5.97 Å². The summed E-state index contributed by atoms with van der Waals surface area (Å²) in [7, 11) is 0. The third kappa shape index (κ3) is 2.85.